The molecule has 1 aromatic carbocycles. The van der Waals surface area contributed by atoms with Gasteiger partial charge in [-0.15, -0.1) is 0 Å². The van der Waals surface area contributed by atoms with Gasteiger partial charge in [-0.2, -0.15) is 0 Å². The van der Waals surface area contributed by atoms with Crippen LogP contribution in [0.4, 0.5) is 11.4 Å². The molecule has 7 nitrogen and oxygen atoms in total. The number of amides is 1. The zero-order valence-corrected chi connectivity index (χ0v) is 13.5. The highest BCUT2D eigenvalue weighted by molar-refractivity contribution is 5.92. The zero-order chi connectivity index (χ0) is 17.1. The summed E-state index contributed by atoms with van der Waals surface area (Å²) < 4.78 is 2.08. The quantitative estimate of drug-likeness (QED) is 0.676. The van der Waals surface area contributed by atoms with Crippen LogP contribution in [0.25, 0.3) is 0 Å². The number of aromatic nitrogens is 1. The van der Waals surface area contributed by atoms with Gasteiger partial charge < -0.3 is 9.88 Å². The van der Waals surface area contributed by atoms with Crippen molar-refractivity contribution < 1.29 is 9.72 Å². The number of nitrogens with zero attached hydrogens (tertiary/aromatic N) is 3. The van der Waals surface area contributed by atoms with Crippen LogP contribution in [0.3, 0.4) is 0 Å². The number of hydrogen-bond acceptors (Lipinski definition) is 4. The molecule has 0 spiro atoms. The number of hydrogen-bond donors (Lipinski definition) is 1. The Morgan fingerprint density at radius 3 is 2.92 bits per heavy atom. The number of rotatable bonds is 5. The van der Waals surface area contributed by atoms with Gasteiger partial charge in [0.05, 0.1) is 17.5 Å². The van der Waals surface area contributed by atoms with Gasteiger partial charge in [0.2, 0.25) is 5.91 Å². The minimum atomic E-state index is -0.471. The molecule has 1 aliphatic heterocycles. The molecule has 1 N–H and O–H groups in total. The lowest BCUT2D eigenvalue weighted by molar-refractivity contribution is -0.384. The number of carbonyl (C=O) groups is 1. The predicted octanol–water partition coefficient (Wildman–Crippen LogP) is 2.71. The molecule has 1 aliphatic rings. The van der Waals surface area contributed by atoms with E-state index < -0.39 is 4.92 Å². The maximum atomic E-state index is 12.3. The van der Waals surface area contributed by atoms with E-state index in [4.69, 9.17) is 0 Å². The number of likely N-dealkylation sites (tertiary alicyclic amines) is 1. The molecule has 1 atom stereocenters. The van der Waals surface area contributed by atoms with E-state index in [1.165, 1.54) is 17.8 Å². The predicted molar refractivity (Wildman–Crippen MR) is 90.7 cm³/mol. The molecule has 0 unspecified atom stereocenters. The second-order valence-electron chi connectivity index (χ2n) is 6.03. The van der Waals surface area contributed by atoms with E-state index >= 15 is 0 Å². The summed E-state index contributed by atoms with van der Waals surface area (Å²) >= 11 is 0. The van der Waals surface area contributed by atoms with Gasteiger partial charge in [-0.3, -0.25) is 19.8 Å². The Morgan fingerprint density at radius 1 is 1.38 bits per heavy atom. The van der Waals surface area contributed by atoms with Gasteiger partial charge in [-0.25, -0.2) is 0 Å². The van der Waals surface area contributed by atoms with E-state index in [9.17, 15) is 14.9 Å². The van der Waals surface area contributed by atoms with E-state index in [1.807, 2.05) is 19.3 Å². The first-order valence-corrected chi connectivity index (χ1v) is 7.94. The summed E-state index contributed by atoms with van der Waals surface area (Å²) in [6.45, 7) is 1.15. The number of aryl methyl sites for hydroxylation is 1. The fraction of sp³-hybridized carbons (Fsp3) is 0.353. The zero-order valence-electron chi connectivity index (χ0n) is 13.5. The number of nitrogens with one attached hydrogen (secondary N) is 1. The van der Waals surface area contributed by atoms with Crippen molar-refractivity contribution >= 4 is 17.3 Å². The largest absolute Gasteiger partial charge is 0.353 e. The molecule has 0 bridgehead atoms. The topological polar surface area (TPSA) is 80.4 Å². The lowest BCUT2D eigenvalue weighted by Crippen LogP contribution is -2.33. The highest BCUT2D eigenvalue weighted by atomic mass is 16.6. The normalized spacial score (nSPS) is 17.8. The Bertz CT molecular complexity index is 756. The Labute approximate surface area is 140 Å². The summed E-state index contributed by atoms with van der Waals surface area (Å²) in [4.78, 5) is 24.8. The van der Waals surface area contributed by atoms with Crippen LogP contribution in [0.1, 0.15) is 24.6 Å². The minimum absolute atomic E-state index is 0.0318. The van der Waals surface area contributed by atoms with E-state index in [0.717, 1.165) is 19.4 Å². The number of carbonyl (C=O) groups excluding carboxylic acids is 1. The highest BCUT2D eigenvalue weighted by Gasteiger charge is 2.29. The van der Waals surface area contributed by atoms with Crippen LogP contribution in [-0.4, -0.2) is 33.4 Å². The molecule has 7 heteroatoms. The molecule has 2 aromatic rings. The molecular weight excluding hydrogens is 308 g/mol. The maximum Gasteiger partial charge on any atom is 0.271 e. The monoisotopic (exact) mass is 328 g/mol. The molecule has 1 amide bonds. The molecule has 2 heterocycles. The molecule has 24 heavy (non-hydrogen) atoms. The average molecular weight is 328 g/mol. The average Bonchev–Trinajstić information content (AvgIpc) is 3.15. The van der Waals surface area contributed by atoms with Crippen molar-refractivity contribution in [1.82, 2.24) is 9.47 Å². The number of nitro benzene ring substituents is 1. The summed E-state index contributed by atoms with van der Waals surface area (Å²) in [6.07, 6.45) is 4.09. The van der Waals surface area contributed by atoms with E-state index in [2.05, 4.69) is 20.9 Å². The van der Waals surface area contributed by atoms with Gasteiger partial charge in [0.15, 0.2) is 0 Å². The van der Waals surface area contributed by atoms with Crippen LogP contribution < -0.4 is 5.32 Å². The molecule has 0 aliphatic carbocycles. The standard InChI is InChI=1S/C17H20N4O3/c1-19-9-3-7-15(19)16-8-4-10-20(16)12-17(22)18-13-5-2-6-14(11-13)21(23)24/h2-3,5-7,9,11,16H,4,8,10,12H2,1H3,(H,18,22)/t16-/m0/s1. The molecule has 0 radical (unpaired) electrons. The molecule has 3 rings (SSSR count). The number of anilines is 1. The van der Waals surface area contributed by atoms with Gasteiger partial charge in [-0.05, 0) is 37.6 Å². The summed E-state index contributed by atoms with van der Waals surface area (Å²) in [5, 5.41) is 13.6. The van der Waals surface area contributed by atoms with Crippen molar-refractivity contribution in [3.05, 3.63) is 58.4 Å². The molecule has 1 saturated heterocycles. The van der Waals surface area contributed by atoms with Gasteiger partial charge >= 0.3 is 0 Å². The first-order valence-electron chi connectivity index (χ1n) is 7.94. The fourth-order valence-corrected chi connectivity index (χ4v) is 3.25. The third-order valence-corrected chi connectivity index (χ3v) is 4.38. The Morgan fingerprint density at radius 2 is 2.21 bits per heavy atom. The SMILES string of the molecule is Cn1cccc1[C@@H]1CCCN1CC(=O)Nc1cccc([N+](=O)[O-])c1. The number of non-ortho nitro benzene ring substituents is 1. The number of nitro groups is 1. The van der Waals surface area contributed by atoms with Crippen LogP contribution in [0, 0.1) is 10.1 Å². The maximum absolute atomic E-state index is 12.3. The van der Waals surface area contributed by atoms with Crippen molar-refractivity contribution in [2.45, 2.75) is 18.9 Å². The van der Waals surface area contributed by atoms with Crippen molar-refractivity contribution in [3.8, 4) is 0 Å². The first kappa shape index (κ1) is 16.2. The van der Waals surface area contributed by atoms with Crippen LogP contribution in [0.2, 0.25) is 0 Å². The summed E-state index contributed by atoms with van der Waals surface area (Å²) in [5.41, 5.74) is 1.62. The Kier molecular flexibility index (Phi) is 4.61. The van der Waals surface area contributed by atoms with Crippen LogP contribution in [-0.2, 0) is 11.8 Å². The highest BCUT2D eigenvalue weighted by Crippen LogP contribution is 2.31. The minimum Gasteiger partial charge on any atom is -0.353 e. The Balaban J connectivity index is 1.65. The van der Waals surface area contributed by atoms with E-state index in [1.54, 1.807) is 12.1 Å². The second-order valence-corrected chi connectivity index (χ2v) is 6.03. The van der Waals surface area contributed by atoms with Crippen LogP contribution >= 0.6 is 0 Å². The van der Waals surface area contributed by atoms with Gasteiger partial charge in [0, 0.05) is 36.8 Å². The molecular formula is C17H20N4O3. The van der Waals surface area contributed by atoms with E-state index in [0.29, 0.717) is 5.69 Å². The van der Waals surface area contributed by atoms with Crippen LogP contribution in [0.15, 0.2) is 42.6 Å². The molecule has 0 saturated carbocycles. The van der Waals surface area contributed by atoms with E-state index in [-0.39, 0.29) is 24.2 Å². The third-order valence-electron chi connectivity index (χ3n) is 4.38. The summed E-state index contributed by atoms with van der Waals surface area (Å²) in [7, 11) is 2.01. The fourth-order valence-electron chi connectivity index (χ4n) is 3.25. The van der Waals surface area contributed by atoms with Gasteiger partial charge in [0.25, 0.3) is 5.69 Å². The van der Waals surface area contributed by atoms with Gasteiger partial charge in [0.1, 0.15) is 0 Å². The number of benzene rings is 1. The van der Waals surface area contributed by atoms with Crippen molar-refractivity contribution in [2.75, 3.05) is 18.4 Å². The lowest BCUT2D eigenvalue weighted by atomic mass is 10.1. The second kappa shape index (κ2) is 6.84. The lowest BCUT2D eigenvalue weighted by Gasteiger charge is -2.24. The smallest absolute Gasteiger partial charge is 0.271 e. The summed E-state index contributed by atoms with van der Waals surface area (Å²) in [5.74, 6) is -0.156. The Hall–Kier alpha value is -2.67. The first-order chi connectivity index (χ1) is 11.5. The van der Waals surface area contributed by atoms with Crippen LogP contribution in [0.5, 0.6) is 0 Å². The molecule has 1 aromatic heterocycles. The molecule has 1 fully saturated rings. The van der Waals surface area contributed by atoms with Crippen molar-refractivity contribution in [2.24, 2.45) is 7.05 Å². The molecule has 126 valence electrons. The summed E-state index contributed by atoms with van der Waals surface area (Å²) in [6, 6.07) is 10.3. The van der Waals surface area contributed by atoms with Crippen molar-refractivity contribution in [1.29, 1.82) is 0 Å². The van der Waals surface area contributed by atoms with Crippen molar-refractivity contribution in [3.63, 3.8) is 0 Å². The third kappa shape index (κ3) is 3.46. The van der Waals surface area contributed by atoms with Gasteiger partial charge in [-0.1, -0.05) is 6.07 Å².